The highest BCUT2D eigenvalue weighted by atomic mass is 19.1. The third kappa shape index (κ3) is 4.50. The lowest BCUT2D eigenvalue weighted by Gasteiger charge is -2.36. The van der Waals surface area contributed by atoms with Crippen molar-refractivity contribution in [3.05, 3.63) is 104 Å². The normalized spacial score (nSPS) is 19.8. The molecule has 37 heavy (non-hydrogen) atoms. The van der Waals surface area contributed by atoms with E-state index in [9.17, 15) is 18.8 Å². The van der Waals surface area contributed by atoms with Crippen LogP contribution in [0.3, 0.4) is 0 Å². The average molecular weight is 502 g/mol. The summed E-state index contributed by atoms with van der Waals surface area (Å²) in [5.41, 5.74) is 3.87. The molecule has 0 saturated heterocycles. The summed E-state index contributed by atoms with van der Waals surface area (Å²) >= 11 is 0. The van der Waals surface area contributed by atoms with Crippen LogP contribution in [0.4, 0.5) is 4.39 Å². The Balaban J connectivity index is 1.68. The van der Waals surface area contributed by atoms with Gasteiger partial charge < -0.3 is 14.5 Å². The zero-order valence-corrected chi connectivity index (χ0v) is 21.2. The van der Waals surface area contributed by atoms with Crippen molar-refractivity contribution in [3.63, 3.8) is 0 Å². The quantitative estimate of drug-likeness (QED) is 0.472. The van der Waals surface area contributed by atoms with E-state index in [2.05, 4.69) is 5.32 Å². The number of ether oxygens (including phenoxy) is 1. The number of benzene rings is 2. The van der Waals surface area contributed by atoms with Crippen molar-refractivity contribution < 1.29 is 23.1 Å². The average Bonchev–Trinajstić information content (AvgIpc) is 2.83. The number of rotatable bonds is 4. The van der Waals surface area contributed by atoms with Gasteiger partial charge in [-0.15, -0.1) is 0 Å². The van der Waals surface area contributed by atoms with Gasteiger partial charge in [0.2, 0.25) is 0 Å². The molecule has 2 atom stereocenters. The zero-order valence-electron chi connectivity index (χ0n) is 21.2. The number of esters is 1. The summed E-state index contributed by atoms with van der Waals surface area (Å²) in [4.78, 5) is 40.8. The zero-order chi connectivity index (χ0) is 26.4. The first kappa shape index (κ1) is 24.7. The highest BCUT2D eigenvalue weighted by Gasteiger charge is 2.43. The van der Waals surface area contributed by atoms with Gasteiger partial charge >= 0.3 is 5.97 Å². The molecule has 2 aromatic carbocycles. The molecule has 5 rings (SSSR count). The first-order valence-electron chi connectivity index (χ1n) is 12.4. The molecule has 7 heteroatoms. The molecule has 6 nitrogen and oxygen atoms in total. The van der Waals surface area contributed by atoms with Crippen LogP contribution in [-0.2, 0) is 14.3 Å². The van der Waals surface area contributed by atoms with Crippen LogP contribution in [0.2, 0.25) is 0 Å². The van der Waals surface area contributed by atoms with Gasteiger partial charge in [-0.2, -0.15) is 0 Å². The Kier molecular flexibility index (Phi) is 6.31. The van der Waals surface area contributed by atoms with Crippen LogP contribution < -0.4 is 10.7 Å². The molecule has 0 radical (unpaired) electrons. The van der Waals surface area contributed by atoms with Crippen LogP contribution in [0.15, 0.2) is 80.5 Å². The number of dihydropyridines is 1. The topological polar surface area (TPSA) is 85.6 Å². The molecular weight excluding hydrogens is 473 g/mol. The lowest BCUT2D eigenvalue weighted by atomic mass is 9.72. The highest BCUT2D eigenvalue weighted by molar-refractivity contribution is 6.04. The molecule has 2 heterocycles. The molecule has 1 aliphatic carbocycles. The highest BCUT2D eigenvalue weighted by Crippen LogP contribution is 2.45. The van der Waals surface area contributed by atoms with Gasteiger partial charge in [-0.1, -0.05) is 23.8 Å². The van der Waals surface area contributed by atoms with Crippen molar-refractivity contribution >= 4 is 22.7 Å². The van der Waals surface area contributed by atoms with E-state index in [0.717, 1.165) is 11.1 Å². The van der Waals surface area contributed by atoms with E-state index in [4.69, 9.17) is 9.15 Å². The van der Waals surface area contributed by atoms with Gasteiger partial charge in [0.05, 0.1) is 29.2 Å². The van der Waals surface area contributed by atoms with Crippen LogP contribution in [0.25, 0.3) is 11.0 Å². The molecule has 190 valence electrons. The maximum Gasteiger partial charge on any atom is 0.337 e. The second kappa shape index (κ2) is 9.47. The second-order valence-corrected chi connectivity index (χ2v) is 10.0. The number of carbonyl (C=O) groups excluding carboxylic acids is 2. The van der Waals surface area contributed by atoms with Crippen molar-refractivity contribution in [2.45, 2.75) is 58.5 Å². The molecule has 2 unspecified atom stereocenters. The molecule has 0 amide bonds. The fourth-order valence-corrected chi connectivity index (χ4v) is 5.33. The van der Waals surface area contributed by atoms with E-state index in [1.165, 1.54) is 18.4 Å². The van der Waals surface area contributed by atoms with Crippen LogP contribution in [-0.4, -0.2) is 17.9 Å². The lowest BCUT2D eigenvalue weighted by molar-refractivity contribution is -0.143. The number of halogens is 1. The summed E-state index contributed by atoms with van der Waals surface area (Å²) in [6, 6.07) is 11.5. The number of hydrogen-bond donors (Lipinski definition) is 1. The maximum atomic E-state index is 13.8. The predicted octanol–water partition coefficient (Wildman–Crippen LogP) is 5.55. The molecule has 2 aliphatic rings. The summed E-state index contributed by atoms with van der Waals surface area (Å²) < 4.78 is 24.9. The number of ketones is 1. The lowest BCUT2D eigenvalue weighted by Crippen LogP contribution is -2.37. The number of hydrogen-bond acceptors (Lipinski definition) is 6. The summed E-state index contributed by atoms with van der Waals surface area (Å²) in [6.45, 7) is 7.12. The summed E-state index contributed by atoms with van der Waals surface area (Å²) in [7, 11) is 0. The molecule has 3 aromatic rings. The van der Waals surface area contributed by atoms with Crippen molar-refractivity contribution in [1.82, 2.24) is 5.32 Å². The number of allylic oxidation sites excluding steroid dienone is 3. The Hall–Kier alpha value is -4.00. The number of Topliss-reactive ketones (excluding diaryl/α,β-unsaturated/α-hetero) is 1. The monoisotopic (exact) mass is 501 g/mol. The van der Waals surface area contributed by atoms with Gasteiger partial charge in [0.1, 0.15) is 11.4 Å². The van der Waals surface area contributed by atoms with Gasteiger partial charge in [-0.3, -0.25) is 9.59 Å². The Morgan fingerprint density at radius 1 is 1.08 bits per heavy atom. The third-order valence-corrected chi connectivity index (χ3v) is 7.00. The first-order chi connectivity index (χ1) is 17.6. The molecule has 1 aromatic heterocycles. The van der Waals surface area contributed by atoms with Crippen molar-refractivity contribution in [2.75, 3.05) is 0 Å². The molecule has 0 spiro atoms. The predicted molar refractivity (Wildman–Crippen MR) is 137 cm³/mol. The molecule has 0 saturated carbocycles. The fraction of sp³-hybridized carbons (Fsp3) is 0.300. The second-order valence-electron chi connectivity index (χ2n) is 10.0. The van der Waals surface area contributed by atoms with Gasteiger partial charge in [-0.05, 0) is 69.9 Å². The summed E-state index contributed by atoms with van der Waals surface area (Å²) in [5, 5.41) is 3.65. The van der Waals surface area contributed by atoms with E-state index in [1.807, 2.05) is 13.0 Å². The van der Waals surface area contributed by atoms with E-state index in [-0.39, 0.29) is 46.6 Å². The largest absolute Gasteiger partial charge is 0.464 e. The first-order valence-corrected chi connectivity index (χ1v) is 12.4. The van der Waals surface area contributed by atoms with Crippen LogP contribution >= 0.6 is 0 Å². The minimum Gasteiger partial charge on any atom is -0.464 e. The van der Waals surface area contributed by atoms with E-state index < -0.39 is 11.9 Å². The molecule has 0 fully saturated rings. The number of carbonyl (C=O) groups is 2. The van der Waals surface area contributed by atoms with Crippen molar-refractivity contribution in [3.8, 4) is 0 Å². The van der Waals surface area contributed by atoms with Gasteiger partial charge in [0, 0.05) is 29.0 Å². The standard InChI is InChI=1S/C30H28FNO5/c1-15(2)37-30(35)26-17(4)32-23-12-19(18-6-8-20(31)9-7-18)13-24(33)28(23)27(26)22-14-36-25-10-5-16(3)11-21(25)29(22)34/h5-11,14-15,19,27,32H,12-13H2,1-4H3. The Morgan fingerprint density at radius 3 is 2.51 bits per heavy atom. The minimum atomic E-state index is -0.926. The summed E-state index contributed by atoms with van der Waals surface area (Å²) in [6.07, 6.45) is 1.62. The van der Waals surface area contributed by atoms with Crippen LogP contribution in [0.1, 0.15) is 62.1 Å². The Bertz CT molecular complexity index is 1540. The summed E-state index contributed by atoms with van der Waals surface area (Å²) in [5.74, 6) is -2.20. The van der Waals surface area contributed by atoms with Crippen molar-refractivity contribution in [1.29, 1.82) is 0 Å². The fourth-order valence-electron chi connectivity index (χ4n) is 5.33. The van der Waals surface area contributed by atoms with Gasteiger partial charge in [0.25, 0.3) is 0 Å². The van der Waals surface area contributed by atoms with Crippen molar-refractivity contribution in [2.24, 2.45) is 0 Å². The number of nitrogens with one attached hydrogen (secondary N) is 1. The van der Waals surface area contributed by atoms with Crippen LogP contribution in [0.5, 0.6) is 0 Å². The smallest absolute Gasteiger partial charge is 0.337 e. The molecular formula is C30H28FNO5. The Labute approximate surface area is 213 Å². The van der Waals surface area contributed by atoms with E-state index in [1.54, 1.807) is 45.0 Å². The van der Waals surface area contributed by atoms with Gasteiger partial charge in [0.15, 0.2) is 11.2 Å². The maximum absolute atomic E-state index is 13.8. The van der Waals surface area contributed by atoms with E-state index in [0.29, 0.717) is 34.4 Å². The van der Waals surface area contributed by atoms with Crippen LogP contribution in [0, 0.1) is 12.7 Å². The van der Waals surface area contributed by atoms with E-state index >= 15 is 0 Å². The Morgan fingerprint density at radius 2 is 1.81 bits per heavy atom. The number of fused-ring (bicyclic) bond motifs is 1. The van der Waals surface area contributed by atoms with Gasteiger partial charge in [-0.25, -0.2) is 9.18 Å². The SMILES string of the molecule is CC1=C(C(=O)OC(C)C)C(c2coc3ccc(C)cc3c2=O)C2=C(CC(c3ccc(F)cc3)CC2=O)N1. The third-order valence-electron chi connectivity index (χ3n) is 7.00. The molecule has 1 aliphatic heterocycles. The minimum absolute atomic E-state index is 0.160. The number of aryl methyl sites for hydroxylation is 1. The molecule has 1 N–H and O–H groups in total. The molecule has 0 bridgehead atoms.